The van der Waals surface area contributed by atoms with Gasteiger partial charge in [0.15, 0.2) is 0 Å². The summed E-state index contributed by atoms with van der Waals surface area (Å²) in [6, 6.07) is 8.04. The van der Waals surface area contributed by atoms with Gasteiger partial charge >= 0.3 is 0 Å². The Morgan fingerprint density at radius 2 is 1.91 bits per heavy atom. The quantitative estimate of drug-likeness (QED) is 0.874. The van der Waals surface area contributed by atoms with E-state index >= 15 is 0 Å². The average Bonchev–Trinajstić information content (AvgIpc) is 2.98. The largest absolute Gasteiger partial charge is 0.550 e. The van der Waals surface area contributed by atoms with Crippen LogP contribution in [0.4, 0.5) is 0 Å². The van der Waals surface area contributed by atoms with Crippen LogP contribution >= 0.6 is 0 Å². The standard InChI is InChI=1S/C18H22N2O3/c21-17(14-6-1-2-7-15(14)18(22)23)19-10-9-12-11-20-16-8-4-3-5-13(12)16/h3-5,8,11,14-15,20H,1-2,6-7,9-10H2,(H,19,21)(H,22,23)/p-1/t14-,15+/m1/s1. The van der Waals surface area contributed by atoms with E-state index in [0.29, 0.717) is 19.4 Å². The molecule has 23 heavy (non-hydrogen) atoms. The lowest BCUT2D eigenvalue weighted by Gasteiger charge is -2.31. The summed E-state index contributed by atoms with van der Waals surface area (Å²) in [5, 5.41) is 15.2. The van der Waals surface area contributed by atoms with Crippen LogP contribution in [0.1, 0.15) is 31.2 Å². The van der Waals surface area contributed by atoms with Crippen LogP contribution in [-0.2, 0) is 16.0 Å². The highest BCUT2D eigenvalue weighted by molar-refractivity contribution is 5.85. The number of amides is 1. The molecule has 5 nitrogen and oxygen atoms in total. The minimum atomic E-state index is -1.10. The van der Waals surface area contributed by atoms with Gasteiger partial charge in [-0.05, 0) is 30.9 Å². The first kappa shape index (κ1) is 15.6. The third-order valence-electron chi connectivity index (χ3n) is 4.77. The molecule has 1 amide bonds. The number of H-pyrrole nitrogens is 1. The van der Waals surface area contributed by atoms with Gasteiger partial charge in [0.2, 0.25) is 5.91 Å². The van der Waals surface area contributed by atoms with Crippen LogP contribution in [0.15, 0.2) is 30.5 Å². The normalized spacial score (nSPS) is 21.2. The zero-order chi connectivity index (χ0) is 16.2. The zero-order valence-electron chi connectivity index (χ0n) is 13.0. The summed E-state index contributed by atoms with van der Waals surface area (Å²) in [5.41, 5.74) is 2.24. The van der Waals surface area contributed by atoms with Crippen molar-refractivity contribution in [1.29, 1.82) is 0 Å². The van der Waals surface area contributed by atoms with E-state index in [1.165, 1.54) is 0 Å². The van der Waals surface area contributed by atoms with E-state index in [0.717, 1.165) is 35.7 Å². The van der Waals surface area contributed by atoms with Crippen molar-refractivity contribution in [3.05, 3.63) is 36.0 Å². The molecule has 122 valence electrons. The maximum atomic E-state index is 12.3. The number of carboxylic acids is 1. The molecule has 0 bridgehead atoms. The number of carboxylic acid groups (broad SMARTS) is 1. The summed E-state index contributed by atoms with van der Waals surface area (Å²) in [7, 11) is 0. The second-order valence-electron chi connectivity index (χ2n) is 6.22. The number of hydrogen-bond acceptors (Lipinski definition) is 3. The fraction of sp³-hybridized carbons (Fsp3) is 0.444. The highest BCUT2D eigenvalue weighted by Crippen LogP contribution is 2.29. The first-order valence-electron chi connectivity index (χ1n) is 8.20. The summed E-state index contributed by atoms with van der Waals surface area (Å²) >= 11 is 0. The summed E-state index contributed by atoms with van der Waals surface area (Å²) in [6.07, 6.45) is 5.63. The number of para-hydroxylation sites is 1. The van der Waals surface area contributed by atoms with Gasteiger partial charge in [-0.15, -0.1) is 0 Å². The Morgan fingerprint density at radius 3 is 2.70 bits per heavy atom. The number of aromatic nitrogens is 1. The summed E-state index contributed by atoms with van der Waals surface area (Å²) in [6.45, 7) is 0.511. The molecule has 0 spiro atoms. The highest BCUT2D eigenvalue weighted by Gasteiger charge is 2.31. The van der Waals surface area contributed by atoms with Gasteiger partial charge < -0.3 is 20.2 Å². The molecule has 1 aromatic heterocycles. The predicted octanol–water partition coefficient (Wildman–Crippen LogP) is 1.38. The van der Waals surface area contributed by atoms with Gasteiger partial charge in [-0.3, -0.25) is 4.79 Å². The van der Waals surface area contributed by atoms with Crippen molar-refractivity contribution < 1.29 is 14.7 Å². The third kappa shape index (κ3) is 3.38. The Morgan fingerprint density at radius 1 is 1.17 bits per heavy atom. The molecule has 3 rings (SSSR count). The van der Waals surface area contributed by atoms with Crippen LogP contribution in [-0.4, -0.2) is 23.4 Å². The van der Waals surface area contributed by atoms with E-state index in [1.54, 1.807) is 0 Å². The van der Waals surface area contributed by atoms with Gasteiger partial charge in [-0.1, -0.05) is 31.0 Å². The first-order chi connectivity index (χ1) is 11.2. The SMILES string of the molecule is O=C([O-])[C@H]1CCCC[C@H]1C(=O)NCCc1c[nH]c2ccccc12. The molecule has 2 atom stereocenters. The second kappa shape index (κ2) is 6.86. The van der Waals surface area contributed by atoms with Crippen LogP contribution in [0.5, 0.6) is 0 Å². The number of carbonyl (C=O) groups excluding carboxylic acids is 2. The maximum Gasteiger partial charge on any atom is 0.223 e. The zero-order valence-corrected chi connectivity index (χ0v) is 13.0. The Bertz CT molecular complexity index is 707. The molecule has 0 saturated heterocycles. The molecule has 0 radical (unpaired) electrons. The lowest BCUT2D eigenvalue weighted by atomic mass is 9.78. The predicted molar refractivity (Wildman–Crippen MR) is 85.5 cm³/mol. The molecule has 1 aliphatic carbocycles. The average molecular weight is 313 g/mol. The maximum absolute atomic E-state index is 12.3. The van der Waals surface area contributed by atoms with E-state index < -0.39 is 17.8 Å². The lowest BCUT2D eigenvalue weighted by molar-refractivity contribution is -0.314. The smallest absolute Gasteiger partial charge is 0.223 e. The molecule has 1 aliphatic rings. The number of hydrogen-bond donors (Lipinski definition) is 2. The molecule has 5 heteroatoms. The Hall–Kier alpha value is -2.30. The number of aromatic amines is 1. The van der Waals surface area contributed by atoms with Gasteiger partial charge in [0, 0.05) is 41.4 Å². The van der Waals surface area contributed by atoms with Crippen molar-refractivity contribution in [3.63, 3.8) is 0 Å². The van der Waals surface area contributed by atoms with E-state index in [9.17, 15) is 14.7 Å². The van der Waals surface area contributed by atoms with Crippen LogP contribution in [0.25, 0.3) is 10.9 Å². The molecule has 2 N–H and O–H groups in total. The third-order valence-corrected chi connectivity index (χ3v) is 4.77. The fourth-order valence-electron chi connectivity index (χ4n) is 3.52. The molecule has 1 aromatic carbocycles. The second-order valence-corrected chi connectivity index (χ2v) is 6.22. The van der Waals surface area contributed by atoms with Crippen LogP contribution in [0, 0.1) is 11.8 Å². The molecule has 2 aromatic rings. The topological polar surface area (TPSA) is 85.0 Å². The molecule has 1 fully saturated rings. The lowest BCUT2D eigenvalue weighted by Crippen LogP contribution is -2.44. The Kier molecular flexibility index (Phi) is 4.65. The van der Waals surface area contributed by atoms with E-state index in [1.807, 2.05) is 24.4 Å². The molecule has 1 saturated carbocycles. The van der Waals surface area contributed by atoms with Crippen LogP contribution in [0.3, 0.4) is 0 Å². The van der Waals surface area contributed by atoms with E-state index in [4.69, 9.17) is 0 Å². The van der Waals surface area contributed by atoms with Crippen LogP contribution in [0.2, 0.25) is 0 Å². The fourth-order valence-corrected chi connectivity index (χ4v) is 3.52. The highest BCUT2D eigenvalue weighted by atomic mass is 16.4. The molecule has 0 unspecified atom stereocenters. The Balaban J connectivity index is 1.57. The number of nitrogens with one attached hydrogen (secondary N) is 2. The van der Waals surface area contributed by atoms with Gasteiger partial charge in [0.25, 0.3) is 0 Å². The summed E-state index contributed by atoms with van der Waals surface area (Å²) in [4.78, 5) is 26.7. The minimum Gasteiger partial charge on any atom is -0.550 e. The Labute approximate surface area is 135 Å². The molecular weight excluding hydrogens is 292 g/mol. The first-order valence-corrected chi connectivity index (χ1v) is 8.20. The van der Waals surface area contributed by atoms with E-state index in [2.05, 4.69) is 16.4 Å². The number of carbonyl (C=O) groups is 2. The number of fused-ring (bicyclic) bond motifs is 1. The van der Waals surface area contributed by atoms with Crippen molar-refractivity contribution in [2.45, 2.75) is 32.1 Å². The minimum absolute atomic E-state index is 0.154. The van der Waals surface area contributed by atoms with Gasteiger partial charge in [0.1, 0.15) is 0 Å². The summed E-state index contributed by atoms with van der Waals surface area (Å²) in [5.74, 6) is -2.34. The van der Waals surface area contributed by atoms with E-state index in [-0.39, 0.29) is 5.91 Å². The van der Waals surface area contributed by atoms with Crippen LogP contribution < -0.4 is 10.4 Å². The number of rotatable bonds is 5. The van der Waals surface area contributed by atoms with Gasteiger partial charge in [-0.25, -0.2) is 0 Å². The van der Waals surface area contributed by atoms with Gasteiger partial charge in [0.05, 0.1) is 0 Å². The summed E-state index contributed by atoms with van der Waals surface area (Å²) < 4.78 is 0. The molecule has 0 aliphatic heterocycles. The van der Waals surface area contributed by atoms with Gasteiger partial charge in [-0.2, -0.15) is 0 Å². The van der Waals surface area contributed by atoms with Crippen molar-refractivity contribution >= 4 is 22.8 Å². The van der Waals surface area contributed by atoms with Crippen molar-refractivity contribution in [2.24, 2.45) is 11.8 Å². The monoisotopic (exact) mass is 313 g/mol. The number of aliphatic carboxylic acids is 1. The molecule has 1 heterocycles. The van der Waals surface area contributed by atoms with Crippen molar-refractivity contribution in [1.82, 2.24) is 10.3 Å². The van der Waals surface area contributed by atoms with Crippen molar-refractivity contribution in [2.75, 3.05) is 6.54 Å². The molecular formula is C18H21N2O3-. The number of benzene rings is 1. The van der Waals surface area contributed by atoms with Crippen molar-refractivity contribution in [3.8, 4) is 0 Å².